The number of nitrogens with zero attached hydrogens (tertiary/aromatic N) is 3. The highest BCUT2D eigenvalue weighted by Gasteiger charge is 2.18. The van der Waals surface area contributed by atoms with Gasteiger partial charge in [-0.15, -0.1) is 0 Å². The highest BCUT2D eigenvalue weighted by molar-refractivity contribution is 5.29. The number of anilines is 1. The van der Waals surface area contributed by atoms with Crippen molar-refractivity contribution in [2.75, 3.05) is 38.7 Å². The minimum Gasteiger partial charge on any atom is -0.383 e. The Morgan fingerprint density at radius 2 is 1.95 bits per heavy atom. The zero-order chi connectivity index (χ0) is 15.2. The van der Waals surface area contributed by atoms with Gasteiger partial charge in [0.05, 0.1) is 18.3 Å². The van der Waals surface area contributed by atoms with Gasteiger partial charge in [-0.1, -0.05) is 6.42 Å². The van der Waals surface area contributed by atoms with Crippen LogP contribution in [0.3, 0.4) is 0 Å². The van der Waals surface area contributed by atoms with Gasteiger partial charge in [0, 0.05) is 25.9 Å². The Bertz CT molecular complexity index is 426. The third-order valence-corrected chi connectivity index (χ3v) is 4.31. The van der Waals surface area contributed by atoms with Gasteiger partial charge in [-0.3, -0.25) is 4.90 Å². The first-order chi connectivity index (χ1) is 10.1. The van der Waals surface area contributed by atoms with Crippen LogP contribution in [-0.2, 0) is 4.74 Å². The topological polar surface area (TPSA) is 42.3 Å². The van der Waals surface area contributed by atoms with Crippen LogP contribution >= 0.6 is 0 Å². The van der Waals surface area contributed by atoms with E-state index >= 15 is 0 Å². The van der Waals surface area contributed by atoms with Crippen LogP contribution in [0, 0.1) is 6.92 Å². The molecule has 2 atom stereocenters. The van der Waals surface area contributed by atoms with Gasteiger partial charge in [0.2, 0.25) is 5.95 Å². The predicted molar refractivity (Wildman–Crippen MR) is 86.9 cm³/mol. The van der Waals surface area contributed by atoms with E-state index in [0.29, 0.717) is 18.7 Å². The Morgan fingerprint density at radius 3 is 2.62 bits per heavy atom. The van der Waals surface area contributed by atoms with E-state index in [0.717, 1.165) is 18.2 Å². The summed E-state index contributed by atoms with van der Waals surface area (Å²) in [5.74, 6) is 0.959. The van der Waals surface area contributed by atoms with E-state index in [2.05, 4.69) is 39.8 Å². The highest BCUT2D eigenvalue weighted by atomic mass is 16.5. The largest absolute Gasteiger partial charge is 0.383 e. The molecule has 120 valence electrons. The molecule has 21 heavy (non-hydrogen) atoms. The predicted octanol–water partition coefficient (Wildman–Crippen LogP) is 2.69. The third kappa shape index (κ3) is 4.45. The number of likely N-dealkylation sites (tertiary alicyclic amines) is 1. The molecule has 1 saturated heterocycles. The molecule has 1 fully saturated rings. The molecule has 0 radical (unpaired) electrons. The van der Waals surface area contributed by atoms with Crippen molar-refractivity contribution in [3.63, 3.8) is 0 Å². The van der Waals surface area contributed by atoms with E-state index in [-0.39, 0.29) is 0 Å². The highest BCUT2D eigenvalue weighted by Crippen LogP contribution is 2.17. The Kier molecular flexibility index (Phi) is 6.06. The van der Waals surface area contributed by atoms with E-state index < -0.39 is 0 Å². The fraction of sp³-hybridized carbons (Fsp3) is 0.812. The molecule has 2 heterocycles. The normalized spacial score (nSPS) is 19.4. The second kappa shape index (κ2) is 7.80. The van der Waals surface area contributed by atoms with Crippen molar-refractivity contribution in [3.8, 4) is 0 Å². The lowest BCUT2D eigenvalue weighted by atomic mass is 10.1. The van der Waals surface area contributed by atoms with Crippen LogP contribution in [0.5, 0.6) is 0 Å². The van der Waals surface area contributed by atoms with Gasteiger partial charge >= 0.3 is 0 Å². The molecular weight excluding hydrogens is 264 g/mol. The molecule has 0 amide bonds. The molecule has 1 aromatic heterocycles. The lowest BCUT2D eigenvalue weighted by molar-refractivity contribution is 0.162. The third-order valence-electron chi connectivity index (χ3n) is 4.31. The van der Waals surface area contributed by atoms with Crippen LogP contribution in [0.2, 0.25) is 0 Å². The van der Waals surface area contributed by atoms with Crippen LogP contribution in [0.4, 0.5) is 5.95 Å². The summed E-state index contributed by atoms with van der Waals surface area (Å²) in [7, 11) is 1.74. The van der Waals surface area contributed by atoms with Crippen molar-refractivity contribution in [2.24, 2.45) is 0 Å². The molecule has 2 unspecified atom stereocenters. The number of methoxy groups -OCH3 is 1. The summed E-state index contributed by atoms with van der Waals surface area (Å²) in [6.07, 6.45) is 6.15. The molecule has 1 aromatic rings. The maximum Gasteiger partial charge on any atom is 0.203 e. The Labute approximate surface area is 128 Å². The average molecular weight is 294 g/mol. The monoisotopic (exact) mass is 294 g/mol. The summed E-state index contributed by atoms with van der Waals surface area (Å²) in [4.78, 5) is 7.19. The molecule has 0 aliphatic carbocycles. The Morgan fingerprint density at radius 1 is 1.24 bits per heavy atom. The number of aromatic nitrogens is 2. The smallest absolute Gasteiger partial charge is 0.203 e. The number of rotatable bonds is 7. The molecule has 5 heteroatoms. The summed E-state index contributed by atoms with van der Waals surface area (Å²) in [6, 6.07) is 0.845. The van der Waals surface area contributed by atoms with Gasteiger partial charge in [-0.25, -0.2) is 4.98 Å². The average Bonchev–Trinajstić information content (AvgIpc) is 2.87. The zero-order valence-corrected chi connectivity index (χ0v) is 13.9. The number of piperidine rings is 1. The van der Waals surface area contributed by atoms with Crippen molar-refractivity contribution in [1.82, 2.24) is 14.5 Å². The molecule has 1 aliphatic rings. The number of nitrogens with one attached hydrogen (secondary N) is 1. The van der Waals surface area contributed by atoms with Crippen molar-refractivity contribution in [2.45, 2.75) is 52.1 Å². The van der Waals surface area contributed by atoms with E-state index in [1.165, 1.54) is 32.4 Å². The minimum atomic E-state index is 0.295. The van der Waals surface area contributed by atoms with Crippen LogP contribution < -0.4 is 5.32 Å². The molecule has 5 nitrogen and oxygen atoms in total. The fourth-order valence-corrected chi connectivity index (χ4v) is 3.03. The fourth-order valence-electron chi connectivity index (χ4n) is 3.03. The SMILES string of the molecule is COCC(C)n1cc(C)nc1NCC(C)N1CCCCC1. The summed E-state index contributed by atoms with van der Waals surface area (Å²) in [5.41, 5.74) is 1.05. The summed E-state index contributed by atoms with van der Waals surface area (Å²) >= 11 is 0. The van der Waals surface area contributed by atoms with Gasteiger partial charge < -0.3 is 14.6 Å². The first-order valence-electron chi connectivity index (χ1n) is 8.14. The molecule has 0 spiro atoms. The molecule has 0 aromatic carbocycles. The lowest BCUT2D eigenvalue weighted by Crippen LogP contribution is -2.41. The molecule has 2 rings (SSSR count). The van der Waals surface area contributed by atoms with Crippen molar-refractivity contribution in [1.29, 1.82) is 0 Å². The number of aryl methyl sites for hydroxylation is 1. The summed E-state index contributed by atoms with van der Waals surface area (Å²) < 4.78 is 7.44. The van der Waals surface area contributed by atoms with Gasteiger partial charge in [0.1, 0.15) is 0 Å². The summed E-state index contributed by atoms with van der Waals surface area (Å²) in [6.45, 7) is 10.6. The number of hydrogen-bond acceptors (Lipinski definition) is 4. The molecule has 0 bridgehead atoms. The van der Waals surface area contributed by atoms with Crippen molar-refractivity contribution >= 4 is 5.95 Å². The van der Waals surface area contributed by atoms with Gasteiger partial charge in [-0.2, -0.15) is 0 Å². The first-order valence-corrected chi connectivity index (χ1v) is 8.14. The molecule has 1 aliphatic heterocycles. The second-order valence-electron chi connectivity index (χ2n) is 6.24. The van der Waals surface area contributed by atoms with Gasteiger partial charge in [0.25, 0.3) is 0 Å². The van der Waals surface area contributed by atoms with Crippen molar-refractivity contribution < 1.29 is 4.74 Å². The molecular formula is C16H30N4O. The lowest BCUT2D eigenvalue weighted by Gasteiger charge is -2.32. The van der Waals surface area contributed by atoms with Gasteiger partial charge in [0.15, 0.2) is 0 Å². The Balaban J connectivity index is 1.92. The maximum absolute atomic E-state index is 5.26. The number of hydrogen-bond donors (Lipinski definition) is 1. The van der Waals surface area contributed by atoms with Crippen LogP contribution in [0.1, 0.15) is 44.8 Å². The Hall–Kier alpha value is -1.07. The molecule has 0 saturated carbocycles. The minimum absolute atomic E-state index is 0.295. The molecule has 1 N–H and O–H groups in total. The van der Waals surface area contributed by atoms with Crippen LogP contribution in [0.25, 0.3) is 0 Å². The number of ether oxygens (including phenoxy) is 1. The van der Waals surface area contributed by atoms with E-state index in [1.54, 1.807) is 7.11 Å². The van der Waals surface area contributed by atoms with Crippen molar-refractivity contribution in [3.05, 3.63) is 11.9 Å². The summed E-state index contributed by atoms with van der Waals surface area (Å²) in [5, 5.41) is 3.53. The maximum atomic E-state index is 5.26. The van der Waals surface area contributed by atoms with E-state index in [9.17, 15) is 0 Å². The van der Waals surface area contributed by atoms with Gasteiger partial charge in [-0.05, 0) is 46.7 Å². The van der Waals surface area contributed by atoms with Crippen LogP contribution in [0.15, 0.2) is 6.20 Å². The second-order valence-corrected chi connectivity index (χ2v) is 6.24. The quantitative estimate of drug-likeness (QED) is 0.839. The first kappa shape index (κ1) is 16.3. The standard InChI is InChI=1S/C16H30N4O/c1-13-11-20(15(3)12-21-4)16(18-13)17-10-14(2)19-8-6-5-7-9-19/h11,14-15H,5-10,12H2,1-4H3,(H,17,18). The zero-order valence-electron chi connectivity index (χ0n) is 13.9. The van der Waals surface area contributed by atoms with E-state index in [4.69, 9.17) is 4.74 Å². The van der Waals surface area contributed by atoms with Crippen LogP contribution in [-0.4, -0.2) is 53.8 Å². The van der Waals surface area contributed by atoms with E-state index in [1.807, 2.05) is 6.92 Å². The number of imidazole rings is 1.